The lowest BCUT2D eigenvalue weighted by Gasteiger charge is -1.98. The van der Waals surface area contributed by atoms with Gasteiger partial charge < -0.3 is 14.8 Å². The molecule has 0 aromatic carbocycles. The highest BCUT2D eigenvalue weighted by Gasteiger charge is 2.04. The normalized spacial score (nSPS) is 11.0. The molecule has 61 valence electrons. The molecule has 5 heteroatoms. The van der Waals surface area contributed by atoms with Crippen LogP contribution in [0.5, 0.6) is 0 Å². The molecule has 4 nitrogen and oxygen atoms in total. The largest absolute Gasteiger partial charge is 0.571 e. The van der Waals surface area contributed by atoms with Crippen LogP contribution in [0, 0.1) is 0 Å². The second kappa shape index (κ2) is 5.94. The lowest BCUT2D eigenvalue weighted by Crippen LogP contribution is -2.09. The van der Waals surface area contributed by atoms with Gasteiger partial charge in [0.1, 0.15) is 0 Å². The first-order valence-electron chi connectivity index (χ1n) is 3.17. The van der Waals surface area contributed by atoms with Crippen molar-refractivity contribution in [2.75, 3.05) is 6.61 Å². The van der Waals surface area contributed by atoms with Crippen molar-refractivity contribution < 1.29 is 19.6 Å². The average Bonchev–Trinajstić information content (AvgIpc) is 2.00. The molecule has 1 radical (unpaired) electrons. The minimum atomic E-state index is -0.610. The van der Waals surface area contributed by atoms with Crippen molar-refractivity contribution in [2.45, 2.75) is 13.3 Å². The zero-order chi connectivity index (χ0) is 8.69. The maximum absolute atomic E-state index is 10.7. The van der Waals surface area contributed by atoms with Crippen molar-refractivity contribution in [3.63, 3.8) is 0 Å². The van der Waals surface area contributed by atoms with Crippen molar-refractivity contribution in [2.24, 2.45) is 0 Å². The van der Waals surface area contributed by atoms with Gasteiger partial charge in [-0.3, -0.25) is 0 Å². The summed E-state index contributed by atoms with van der Waals surface area (Å²) >= 11 is 0. The van der Waals surface area contributed by atoms with E-state index in [2.05, 4.69) is 4.65 Å². The summed E-state index contributed by atoms with van der Waals surface area (Å²) in [6.45, 7) is 1.54. The SMILES string of the molecule is CC(=CCCO)C(=O)O[B]O. The number of aliphatic hydroxyl groups excluding tert-OH is 1. The van der Waals surface area contributed by atoms with Gasteiger partial charge in [-0.15, -0.1) is 0 Å². The second-order valence-electron chi connectivity index (χ2n) is 1.91. The van der Waals surface area contributed by atoms with E-state index in [1.165, 1.54) is 6.08 Å². The van der Waals surface area contributed by atoms with E-state index in [0.29, 0.717) is 19.7 Å². The van der Waals surface area contributed by atoms with E-state index < -0.39 is 5.97 Å². The fourth-order valence-corrected chi connectivity index (χ4v) is 0.505. The minimum Gasteiger partial charge on any atom is -0.507 e. The minimum absolute atomic E-state index is 0.00649. The predicted molar refractivity (Wildman–Crippen MR) is 39.5 cm³/mol. The zero-order valence-corrected chi connectivity index (χ0v) is 6.28. The number of aliphatic hydroxyl groups is 1. The van der Waals surface area contributed by atoms with Gasteiger partial charge in [0.15, 0.2) is 0 Å². The molecule has 0 aromatic rings. The Balaban J connectivity index is 3.80. The lowest BCUT2D eigenvalue weighted by atomic mass is 10.2. The number of hydrogen-bond acceptors (Lipinski definition) is 4. The topological polar surface area (TPSA) is 66.8 Å². The van der Waals surface area contributed by atoms with Crippen molar-refractivity contribution >= 4 is 13.7 Å². The molecule has 0 saturated heterocycles. The Labute approximate surface area is 65.8 Å². The standard InChI is InChI=1S/C6H10BO4/c1-5(3-2-4-8)6(9)11-7-10/h3,8,10H,2,4H2,1H3. The summed E-state index contributed by atoms with van der Waals surface area (Å²) in [6, 6.07) is 0. The maximum atomic E-state index is 10.7. The third-order valence-electron chi connectivity index (χ3n) is 1.06. The van der Waals surface area contributed by atoms with E-state index in [4.69, 9.17) is 10.1 Å². The van der Waals surface area contributed by atoms with E-state index >= 15 is 0 Å². The van der Waals surface area contributed by atoms with Crippen molar-refractivity contribution in [3.8, 4) is 0 Å². The number of carbonyl (C=O) groups is 1. The maximum Gasteiger partial charge on any atom is 0.571 e. The molecule has 11 heavy (non-hydrogen) atoms. The smallest absolute Gasteiger partial charge is 0.507 e. The average molecular weight is 157 g/mol. The Hall–Kier alpha value is -0.805. The molecule has 0 aliphatic heterocycles. The monoisotopic (exact) mass is 157 g/mol. The van der Waals surface area contributed by atoms with Crippen molar-refractivity contribution in [1.82, 2.24) is 0 Å². The molecule has 0 fully saturated rings. The summed E-state index contributed by atoms with van der Waals surface area (Å²) in [5, 5.41) is 16.4. The van der Waals surface area contributed by atoms with Gasteiger partial charge in [-0.2, -0.15) is 0 Å². The lowest BCUT2D eigenvalue weighted by molar-refractivity contribution is -0.130. The molecule has 0 bridgehead atoms. The fourth-order valence-electron chi connectivity index (χ4n) is 0.505. The molecule has 0 amide bonds. The number of hydrogen-bond donors (Lipinski definition) is 2. The van der Waals surface area contributed by atoms with E-state index in [9.17, 15) is 4.79 Å². The third-order valence-corrected chi connectivity index (χ3v) is 1.06. The van der Waals surface area contributed by atoms with Crippen LogP contribution in [0.15, 0.2) is 11.6 Å². The first-order chi connectivity index (χ1) is 5.22. The van der Waals surface area contributed by atoms with Gasteiger partial charge in [0.25, 0.3) is 0 Å². The van der Waals surface area contributed by atoms with Crippen LogP contribution in [0.1, 0.15) is 13.3 Å². The zero-order valence-electron chi connectivity index (χ0n) is 6.28. The first kappa shape index (κ1) is 10.2. The second-order valence-corrected chi connectivity index (χ2v) is 1.91. The van der Waals surface area contributed by atoms with Gasteiger partial charge in [0, 0.05) is 12.2 Å². The van der Waals surface area contributed by atoms with E-state index in [0.717, 1.165) is 0 Å². The molecule has 0 aliphatic rings. The van der Waals surface area contributed by atoms with Crippen LogP contribution in [-0.4, -0.2) is 30.4 Å². The van der Waals surface area contributed by atoms with Gasteiger partial charge in [-0.25, -0.2) is 4.79 Å². The van der Waals surface area contributed by atoms with Crippen LogP contribution in [0.25, 0.3) is 0 Å². The van der Waals surface area contributed by atoms with E-state index in [1.807, 2.05) is 0 Å². The molecule has 0 aromatic heterocycles. The Kier molecular flexibility index (Phi) is 5.51. The highest BCUT2D eigenvalue weighted by Crippen LogP contribution is 1.96. The summed E-state index contributed by atoms with van der Waals surface area (Å²) in [7, 11) is 0.332. The molecular weight excluding hydrogens is 147 g/mol. The molecule has 0 rings (SSSR count). The van der Waals surface area contributed by atoms with Gasteiger partial charge in [0.05, 0.1) is 0 Å². The van der Waals surface area contributed by atoms with E-state index in [1.54, 1.807) is 6.92 Å². The molecule has 0 atom stereocenters. The van der Waals surface area contributed by atoms with Crippen molar-refractivity contribution in [1.29, 1.82) is 0 Å². The van der Waals surface area contributed by atoms with Gasteiger partial charge >= 0.3 is 13.7 Å². The molecular formula is C6H10BO4. The van der Waals surface area contributed by atoms with Gasteiger partial charge in [0.2, 0.25) is 0 Å². The van der Waals surface area contributed by atoms with Crippen LogP contribution >= 0.6 is 0 Å². The molecule has 0 spiro atoms. The first-order valence-corrected chi connectivity index (χ1v) is 3.17. The summed E-state index contributed by atoms with van der Waals surface area (Å²) in [6.07, 6.45) is 1.94. The molecule has 2 N–H and O–H groups in total. The summed E-state index contributed by atoms with van der Waals surface area (Å²) in [5.74, 6) is -0.610. The van der Waals surface area contributed by atoms with Crippen molar-refractivity contribution in [3.05, 3.63) is 11.6 Å². The molecule has 0 heterocycles. The quantitative estimate of drug-likeness (QED) is 0.421. The molecule has 0 aliphatic carbocycles. The Morgan fingerprint density at radius 2 is 2.36 bits per heavy atom. The van der Waals surface area contributed by atoms with Crippen LogP contribution in [0.3, 0.4) is 0 Å². The number of carbonyl (C=O) groups excluding carboxylic acids is 1. The predicted octanol–water partition coefficient (Wildman–Crippen LogP) is -0.615. The number of rotatable bonds is 4. The van der Waals surface area contributed by atoms with Crippen LogP contribution in [0.4, 0.5) is 0 Å². The Morgan fingerprint density at radius 3 is 2.82 bits per heavy atom. The summed E-state index contributed by atoms with van der Waals surface area (Å²) in [5.41, 5.74) is 0.365. The highest BCUT2D eigenvalue weighted by atomic mass is 16.6. The third kappa shape index (κ3) is 4.58. The highest BCUT2D eigenvalue weighted by molar-refractivity contribution is 6.22. The molecule has 0 saturated carbocycles. The fraction of sp³-hybridized carbons (Fsp3) is 0.500. The summed E-state index contributed by atoms with van der Waals surface area (Å²) in [4.78, 5) is 10.7. The van der Waals surface area contributed by atoms with Gasteiger partial charge in [-0.05, 0) is 13.3 Å². The van der Waals surface area contributed by atoms with Crippen LogP contribution in [0.2, 0.25) is 0 Å². The molecule has 0 unspecified atom stereocenters. The Morgan fingerprint density at radius 1 is 1.73 bits per heavy atom. The van der Waals surface area contributed by atoms with Gasteiger partial charge in [-0.1, -0.05) is 6.08 Å². The van der Waals surface area contributed by atoms with Crippen LogP contribution < -0.4 is 0 Å². The van der Waals surface area contributed by atoms with E-state index in [-0.39, 0.29) is 6.61 Å². The van der Waals surface area contributed by atoms with Crippen LogP contribution in [-0.2, 0) is 9.45 Å². The summed E-state index contributed by atoms with van der Waals surface area (Å²) < 4.78 is 4.14. The Bertz CT molecular complexity index is 155.